The quantitative estimate of drug-likeness (QED) is 0.0195. The Bertz CT molecular complexity index is 1410. The number of esters is 1. The van der Waals surface area contributed by atoms with Crippen molar-refractivity contribution in [3.05, 3.63) is 24.3 Å². The van der Waals surface area contributed by atoms with Gasteiger partial charge in [0.15, 0.2) is 12.4 Å². The number of hydrogen-bond donors (Lipinski definition) is 6. The van der Waals surface area contributed by atoms with Crippen molar-refractivity contribution in [2.24, 2.45) is 0 Å². The van der Waals surface area contributed by atoms with Gasteiger partial charge in [0.1, 0.15) is 24.4 Å². The molecular weight excluding hydrogens is 1010 g/mol. The SMILES string of the molecule is CCCCCCCC/C=C/CCCCCCCCCCCCCCCCCC(=O)OC1C(OCC(NC(=O)C(O)CCCCCCCCCCCCCCCCCC)C(O)/C=C/CCCCCCCCCCC)OC(CO)C(O)C1O. The predicted octanol–water partition coefficient (Wildman–Crippen LogP) is 17.6. The second kappa shape index (κ2) is 58.5. The van der Waals surface area contributed by atoms with Gasteiger partial charge in [-0.25, -0.2) is 0 Å². The summed E-state index contributed by atoms with van der Waals surface area (Å²) >= 11 is 0. The van der Waals surface area contributed by atoms with Gasteiger partial charge in [0, 0.05) is 6.42 Å². The summed E-state index contributed by atoms with van der Waals surface area (Å²) in [5.41, 5.74) is 0. The lowest BCUT2D eigenvalue weighted by Crippen LogP contribution is -2.61. The van der Waals surface area contributed by atoms with Crippen molar-refractivity contribution in [1.82, 2.24) is 5.32 Å². The van der Waals surface area contributed by atoms with Crippen LogP contribution in [0.3, 0.4) is 0 Å². The Hall–Kier alpha value is -1.86. The number of rotatable bonds is 61. The van der Waals surface area contributed by atoms with E-state index < -0.39 is 67.4 Å². The average molecular weight is 1150 g/mol. The lowest BCUT2D eigenvalue weighted by molar-refractivity contribution is -0.305. The monoisotopic (exact) mass is 1150 g/mol. The van der Waals surface area contributed by atoms with E-state index in [1.807, 2.05) is 6.08 Å². The van der Waals surface area contributed by atoms with Crippen molar-refractivity contribution in [3.8, 4) is 0 Å². The van der Waals surface area contributed by atoms with E-state index in [2.05, 4.69) is 38.2 Å². The molecule has 6 N–H and O–H groups in total. The Morgan fingerprint density at radius 2 is 0.815 bits per heavy atom. The first-order chi connectivity index (χ1) is 39.7. The molecule has 0 saturated carbocycles. The molecule has 1 aliphatic heterocycles. The summed E-state index contributed by atoms with van der Waals surface area (Å²) in [5, 5.41) is 57.1. The average Bonchev–Trinajstić information content (AvgIpc) is 3.52. The maximum absolute atomic E-state index is 13.4. The molecule has 11 nitrogen and oxygen atoms in total. The van der Waals surface area contributed by atoms with Crippen LogP contribution in [0.1, 0.15) is 348 Å². The van der Waals surface area contributed by atoms with E-state index in [1.54, 1.807) is 6.08 Å². The number of hydrogen-bond acceptors (Lipinski definition) is 10. The Morgan fingerprint density at radius 1 is 0.469 bits per heavy atom. The molecule has 81 heavy (non-hydrogen) atoms. The normalized spacial score (nSPS) is 18.7. The van der Waals surface area contributed by atoms with Gasteiger partial charge in [-0.2, -0.15) is 0 Å². The molecule has 1 rings (SSSR count). The van der Waals surface area contributed by atoms with Crippen molar-refractivity contribution in [2.45, 2.75) is 397 Å². The maximum atomic E-state index is 13.4. The molecule has 1 heterocycles. The summed E-state index contributed by atoms with van der Waals surface area (Å²) in [6.07, 6.45) is 59.4. The van der Waals surface area contributed by atoms with Crippen molar-refractivity contribution in [2.75, 3.05) is 13.2 Å². The van der Waals surface area contributed by atoms with Crippen LogP contribution in [0.5, 0.6) is 0 Å². The fraction of sp³-hybridized carbons (Fsp3) is 0.914. The van der Waals surface area contributed by atoms with Gasteiger partial charge in [0.25, 0.3) is 0 Å². The lowest BCUT2D eigenvalue weighted by Gasteiger charge is -2.41. The molecule has 0 aromatic carbocycles. The number of unbranched alkanes of at least 4 members (excludes halogenated alkanes) is 45. The zero-order valence-electron chi connectivity index (χ0n) is 53.2. The summed E-state index contributed by atoms with van der Waals surface area (Å²) in [6, 6.07) is -1.02. The number of aliphatic hydroxyl groups excluding tert-OH is 5. The zero-order valence-corrected chi connectivity index (χ0v) is 53.2. The fourth-order valence-electron chi connectivity index (χ4n) is 11.3. The molecule has 0 radical (unpaired) electrons. The lowest BCUT2D eigenvalue weighted by atomic mass is 9.99. The van der Waals surface area contributed by atoms with Crippen LogP contribution in [0.15, 0.2) is 24.3 Å². The summed E-state index contributed by atoms with van der Waals surface area (Å²) < 4.78 is 17.7. The molecule has 0 bridgehead atoms. The highest BCUT2D eigenvalue weighted by molar-refractivity contribution is 5.80. The predicted molar refractivity (Wildman–Crippen MR) is 338 cm³/mol. The van der Waals surface area contributed by atoms with Crippen LogP contribution >= 0.6 is 0 Å². The van der Waals surface area contributed by atoms with Crippen LogP contribution in [-0.4, -0.2) is 99.6 Å². The third-order valence-corrected chi connectivity index (χ3v) is 16.9. The van der Waals surface area contributed by atoms with Gasteiger partial charge in [0.2, 0.25) is 5.91 Å². The van der Waals surface area contributed by atoms with Gasteiger partial charge in [-0.1, -0.05) is 315 Å². The molecule has 8 unspecified atom stereocenters. The topological polar surface area (TPSA) is 175 Å². The third-order valence-electron chi connectivity index (χ3n) is 16.9. The number of aliphatic hydroxyl groups is 5. The molecule has 1 amide bonds. The minimum absolute atomic E-state index is 0.129. The van der Waals surface area contributed by atoms with Crippen LogP contribution in [-0.2, 0) is 23.8 Å². The van der Waals surface area contributed by atoms with Crippen molar-refractivity contribution >= 4 is 11.9 Å². The van der Waals surface area contributed by atoms with Crippen LogP contribution in [0.4, 0.5) is 0 Å². The summed E-state index contributed by atoms with van der Waals surface area (Å²) in [5.74, 6) is -1.18. The Balaban J connectivity index is 2.53. The summed E-state index contributed by atoms with van der Waals surface area (Å²) in [7, 11) is 0. The van der Waals surface area contributed by atoms with Crippen molar-refractivity contribution < 1.29 is 49.3 Å². The third kappa shape index (κ3) is 46.1. The Morgan fingerprint density at radius 3 is 1.20 bits per heavy atom. The largest absolute Gasteiger partial charge is 0.454 e. The minimum atomic E-state index is -1.61. The van der Waals surface area contributed by atoms with Gasteiger partial charge in [0.05, 0.1) is 25.4 Å². The van der Waals surface area contributed by atoms with E-state index in [1.165, 1.54) is 244 Å². The first kappa shape index (κ1) is 77.2. The number of ether oxygens (including phenoxy) is 3. The second-order valence-corrected chi connectivity index (χ2v) is 24.6. The molecule has 8 atom stereocenters. The number of nitrogens with one attached hydrogen (secondary N) is 1. The maximum Gasteiger partial charge on any atom is 0.306 e. The van der Waals surface area contributed by atoms with Gasteiger partial charge in [-0.15, -0.1) is 0 Å². The number of carbonyl (C=O) groups is 2. The van der Waals surface area contributed by atoms with E-state index in [9.17, 15) is 35.1 Å². The molecule has 11 heteroatoms. The van der Waals surface area contributed by atoms with Gasteiger partial charge in [-0.05, 0) is 51.4 Å². The van der Waals surface area contributed by atoms with Crippen molar-refractivity contribution in [3.63, 3.8) is 0 Å². The van der Waals surface area contributed by atoms with E-state index in [0.717, 1.165) is 57.8 Å². The molecule has 0 aromatic rings. The minimum Gasteiger partial charge on any atom is -0.454 e. The van der Waals surface area contributed by atoms with Gasteiger partial charge in [-0.3, -0.25) is 9.59 Å². The molecule has 1 saturated heterocycles. The van der Waals surface area contributed by atoms with E-state index in [4.69, 9.17) is 14.2 Å². The fourth-order valence-corrected chi connectivity index (χ4v) is 11.3. The molecule has 0 aliphatic carbocycles. The molecule has 1 aliphatic rings. The molecule has 0 spiro atoms. The standard InChI is InChI=1S/C70H133NO10/c1-4-7-10-13-16-19-22-24-26-28-29-30-31-32-33-34-35-36-38-40-43-46-49-52-55-58-65(75)81-68-67(77)66(76)64(59-72)80-70(68)79-60-61(62(73)56-53-50-47-44-41-21-18-15-12-9-6-3)71-69(78)63(74)57-54-51-48-45-42-39-37-27-25-23-20-17-14-11-8-5-2/h24,26,53,56,61-64,66-68,70,72-74,76-77H,4-23,25,27-52,54-55,57-60H2,1-3H3,(H,71,78)/b26-24+,56-53+. The highest BCUT2D eigenvalue weighted by Gasteiger charge is 2.47. The highest BCUT2D eigenvalue weighted by atomic mass is 16.7. The van der Waals surface area contributed by atoms with Crippen LogP contribution in [0.2, 0.25) is 0 Å². The molecule has 1 fully saturated rings. The van der Waals surface area contributed by atoms with Gasteiger partial charge < -0.3 is 45.1 Å². The molecule has 478 valence electrons. The number of carbonyl (C=O) groups excluding carboxylic acids is 2. The van der Waals surface area contributed by atoms with Crippen LogP contribution in [0.25, 0.3) is 0 Å². The zero-order chi connectivity index (χ0) is 58.9. The molecular formula is C70H133NO10. The van der Waals surface area contributed by atoms with Crippen molar-refractivity contribution in [1.29, 1.82) is 0 Å². The molecule has 0 aromatic heterocycles. The number of allylic oxidation sites excluding steroid dienone is 3. The van der Waals surface area contributed by atoms with Crippen LogP contribution < -0.4 is 5.32 Å². The van der Waals surface area contributed by atoms with E-state index in [0.29, 0.717) is 19.3 Å². The summed E-state index contributed by atoms with van der Waals surface area (Å²) in [6.45, 7) is 5.83. The highest BCUT2D eigenvalue weighted by Crippen LogP contribution is 2.26. The first-order valence-electron chi connectivity index (χ1n) is 35.1. The van der Waals surface area contributed by atoms with Crippen LogP contribution in [0, 0.1) is 0 Å². The number of amides is 1. The Labute approximate surface area is 499 Å². The van der Waals surface area contributed by atoms with Gasteiger partial charge >= 0.3 is 5.97 Å². The van der Waals surface area contributed by atoms with E-state index in [-0.39, 0.29) is 13.0 Å². The second-order valence-electron chi connectivity index (χ2n) is 24.6. The van der Waals surface area contributed by atoms with E-state index >= 15 is 0 Å². The Kier molecular flexibility index (Phi) is 55.7. The smallest absolute Gasteiger partial charge is 0.306 e. The summed E-state index contributed by atoms with van der Waals surface area (Å²) in [4.78, 5) is 26.6. The first-order valence-corrected chi connectivity index (χ1v) is 35.1.